The van der Waals surface area contributed by atoms with Gasteiger partial charge >= 0.3 is 0 Å². The standard InChI is InChI=1S/C37H42FN5O4Si/c1-25-35(48(2,3)38)33(19-21-41-23-31(39-40-41)29(24-44)27-10-5-4-6-11-27)47-37(25)30-12-7-8-13-32(30)43(36(37)46)22-26-15-17-28(18-16-26)42-20-9-14-34(42)45/h4-8,10-13,15-18,23,25,29,33,35,44H,9,14,19-22,24H2,1-3H3/t25-,29?,33+,35-,37+/m0/s1. The Labute approximate surface area is 281 Å². The third-order valence-corrected chi connectivity index (χ3v) is 12.9. The molecule has 0 bridgehead atoms. The SMILES string of the molecule is C[C@H]1[C@H]([Si](C)(C)F)[C@@H](CCn2cc(C(CO)c3ccccc3)nn2)O[C@]12C(=O)N(Cc1ccc(N3CCCC3=O)cc1)c1ccccc12. The topological polar surface area (TPSA) is 101 Å². The minimum Gasteiger partial charge on any atom is -0.395 e. The summed E-state index contributed by atoms with van der Waals surface area (Å²) in [5.74, 6) is -0.722. The van der Waals surface area contributed by atoms with Gasteiger partial charge in [-0.2, -0.15) is 0 Å². The van der Waals surface area contributed by atoms with Gasteiger partial charge in [0, 0.05) is 48.4 Å². The predicted octanol–water partition coefficient (Wildman–Crippen LogP) is 5.94. The van der Waals surface area contributed by atoms with Crippen LogP contribution in [0, 0.1) is 5.92 Å². The molecule has 9 nitrogen and oxygen atoms in total. The molecule has 11 heteroatoms. The number of aliphatic hydroxyl groups is 1. The van der Waals surface area contributed by atoms with E-state index in [1.54, 1.807) is 27.6 Å². The molecule has 3 aliphatic heterocycles. The molecule has 1 N–H and O–H groups in total. The fraction of sp³-hybridized carbons (Fsp3) is 0.405. The molecule has 3 aromatic carbocycles. The zero-order valence-electron chi connectivity index (χ0n) is 27.6. The van der Waals surface area contributed by atoms with Crippen molar-refractivity contribution < 1.29 is 23.5 Å². The largest absolute Gasteiger partial charge is 0.395 e. The van der Waals surface area contributed by atoms with Gasteiger partial charge in [0.25, 0.3) is 5.91 Å². The van der Waals surface area contributed by atoms with Crippen LogP contribution in [0.3, 0.4) is 0 Å². The number of carbonyl (C=O) groups excluding carboxylic acids is 2. The molecule has 5 atom stereocenters. The van der Waals surface area contributed by atoms with Crippen LogP contribution in [0.2, 0.25) is 18.6 Å². The van der Waals surface area contributed by atoms with E-state index < -0.39 is 25.7 Å². The fourth-order valence-electron chi connectivity index (χ4n) is 8.21. The number of amides is 2. The molecular weight excluding hydrogens is 626 g/mol. The maximum absolute atomic E-state index is 16.3. The maximum atomic E-state index is 16.3. The smallest absolute Gasteiger partial charge is 0.264 e. The van der Waals surface area contributed by atoms with Gasteiger partial charge in [-0.3, -0.25) is 14.3 Å². The second kappa shape index (κ2) is 12.7. The Bertz CT molecular complexity index is 1800. The van der Waals surface area contributed by atoms with Crippen LogP contribution in [0.5, 0.6) is 0 Å². The lowest BCUT2D eigenvalue weighted by Gasteiger charge is -2.31. The van der Waals surface area contributed by atoms with Crippen molar-refractivity contribution in [1.82, 2.24) is 15.0 Å². The van der Waals surface area contributed by atoms with Crippen molar-refractivity contribution in [3.63, 3.8) is 0 Å². The summed E-state index contributed by atoms with van der Waals surface area (Å²) in [4.78, 5) is 30.5. The van der Waals surface area contributed by atoms with E-state index in [4.69, 9.17) is 4.74 Å². The Morgan fingerprint density at radius 1 is 1.04 bits per heavy atom. The lowest BCUT2D eigenvalue weighted by Crippen LogP contribution is -2.45. The highest BCUT2D eigenvalue weighted by atomic mass is 28.4. The number of benzene rings is 3. The number of halogens is 1. The molecule has 1 spiro atoms. The molecule has 0 aliphatic carbocycles. The Kier molecular flexibility index (Phi) is 8.55. The zero-order chi connectivity index (χ0) is 33.6. The van der Waals surface area contributed by atoms with Crippen molar-refractivity contribution in [2.24, 2.45) is 5.92 Å². The van der Waals surface area contributed by atoms with Gasteiger partial charge in [0.1, 0.15) is 0 Å². The Morgan fingerprint density at radius 2 is 1.77 bits per heavy atom. The monoisotopic (exact) mass is 667 g/mol. The van der Waals surface area contributed by atoms with Gasteiger partial charge in [-0.15, -0.1) is 5.10 Å². The summed E-state index contributed by atoms with van der Waals surface area (Å²) < 4.78 is 24.9. The van der Waals surface area contributed by atoms with Crippen molar-refractivity contribution in [3.8, 4) is 0 Å². The minimum absolute atomic E-state index is 0.0987. The van der Waals surface area contributed by atoms with Crippen LogP contribution in [-0.2, 0) is 33.0 Å². The second-order valence-corrected chi connectivity index (χ2v) is 17.6. The Morgan fingerprint density at radius 3 is 2.46 bits per heavy atom. The molecule has 0 saturated carbocycles. The molecule has 3 aliphatic rings. The van der Waals surface area contributed by atoms with Crippen molar-refractivity contribution in [2.45, 2.75) is 75.5 Å². The van der Waals surface area contributed by atoms with Crippen LogP contribution < -0.4 is 9.80 Å². The molecule has 0 radical (unpaired) electrons. The van der Waals surface area contributed by atoms with E-state index in [0.29, 0.717) is 31.6 Å². The third kappa shape index (κ3) is 5.57. The number of hydrogen-bond donors (Lipinski definition) is 1. The average molecular weight is 668 g/mol. The minimum atomic E-state index is -3.32. The van der Waals surface area contributed by atoms with E-state index in [0.717, 1.165) is 41.0 Å². The summed E-state index contributed by atoms with van der Waals surface area (Å²) >= 11 is 0. The van der Waals surface area contributed by atoms with Crippen LogP contribution in [0.25, 0.3) is 0 Å². The number of nitrogens with zero attached hydrogens (tertiary/aromatic N) is 5. The number of para-hydroxylation sites is 1. The van der Waals surface area contributed by atoms with Gasteiger partial charge in [0.15, 0.2) is 5.60 Å². The summed E-state index contributed by atoms with van der Waals surface area (Å²) in [5, 5.41) is 18.8. The first kappa shape index (κ1) is 32.4. The summed E-state index contributed by atoms with van der Waals surface area (Å²) in [5.41, 5.74) is 3.25. The highest BCUT2D eigenvalue weighted by Crippen LogP contribution is 2.60. The molecule has 250 valence electrons. The van der Waals surface area contributed by atoms with Gasteiger partial charge < -0.3 is 23.8 Å². The van der Waals surface area contributed by atoms with Crippen molar-refractivity contribution >= 4 is 31.6 Å². The van der Waals surface area contributed by atoms with Crippen LogP contribution in [0.4, 0.5) is 15.5 Å². The molecule has 7 rings (SSSR count). The molecule has 4 heterocycles. The number of anilines is 2. The number of hydrogen-bond acceptors (Lipinski definition) is 6. The quantitative estimate of drug-likeness (QED) is 0.166. The summed E-state index contributed by atoms with van der Waals surface area (Å²) in [6.07, 6.45) is 3.22. The van der Waals surface area contributed by atoms with E-state index in [2.05, 4.69) is 10.3 Å². The number of aromatic nitrogens is 3. The lowest BCUT2D eigenvalue weighted by atomic mass is 9.82. The number of carbonyl (C=O) groups is 2. The molecule has 2 saturated heterocycles. The van der Waals surface area contributed by atoms with Crippen molar-refractivity contribution in [2.75, 3.05) is 23.0 Å². The van der Waals surface area contributed by atoms with Crippen LogP contribution in [-0.4, -0.2) is 59.6 Å². The summed E-state index contributed by atoms with van der Waals surface area (Å²) in [7, 11) is -3.32. The first-order valence-electron chi connectivity index (χ1n) is 16.8. The summed E-state index contributed by atoms with van der Waals surface area (Å²) in [6.45, 7) is 6.77. The number of rotatable bonds is 10. The molecule has 48 heavy (non-hydrogen) atoms. The Hall–Kier alpha value is -4.19. The summed E-state index contributed by atoms with van der Waals surface area (Å²) in [6, 6.07) is 25.2. The third-order valence-electron chi connectivity index (χ3n) is 10.5. The highest BCUT2D eigenvalue weighted by molar-refractivity contribution is 6.72. The molecule has 2 amide bonds. The van der Waals surface area contributed by atoms with Crippen LogP contribution >= 0.6 is 0 Å². The molecule has 2 fully saturated rings. The van der Waals surface area contributed by atoms with E-state index in [-0.39, 0.29) is 30.3 Å². The molecule has 1 aromatic heterocycles. The zero-order valence-corrected chi connectivity index (χ0v) is 28.6. The van der Waals surface area contributed by atoms with Gasteiger partial charge in [-0.05, 0) is 55.3 Å². The average Bonchev–Trinajstić information content (AvgIpc) is 3.85. The number of fused-ring (bicyclic) bond motifs is 2. The molecule has 4 aromatic rings. The number of aliphatic hydroxyl groups excluding tert-OH is 1. The lowest BCUT2D eigenvalue weighted by molar-refractivity contribution is -0.146. The second-order valence-electron chi connectivity index (χ2n) is 13.8. The van der Waals surface area contributed by atoms with Gasteiger partial charge in [-0.1, -0.05) is 72.8 Å². The maximum Gasteiger partial charge on any atom is 0.264 e. The van der Waals surface area contributed by atoms with E-state index in [1.165, 1.54) is 0 Å². The predicted molar refractivity (Wildman–Crippen MR) is 184 cm³/mol. The van der Waals surface area contributed by atoms with E-state index in [9.17, 15) is 14.7 Å². The van der Waals surface area contributed by atoms with Crippen LogP contribution in [0.15, 0.2) is 85.1 Å². The highest BCUT2D eigenvalue weighted by Gasteiger charge is 2.66. The first-order chi connectivity index (χ1) is 23.1. The van der Waals surface area contributed by atoms with Crippen molar-refractivity contribution in [1.29, 1.82) is 0 Å². The number of ether oxygens (including phenoxy) is 1. The van der Waals surface area contributed by atoms with E-state index >= 15 is 4.11 Å². The van der Waals surface area contributed by atoms with Crippen molar-refractivity contribution in [3.05, 3.63) is 107 Å². The first-order valence-corrected chi connectivity index (χ1v) is 19.8. The Balaban J connectivity index is 1.13. The fourth-order valence-corrected chi connectivity index (χ4v) is 10.8. The normalized spacial score (nSPS) is 24.6. The number of aryl methyl sites for hydroxylation is 1. The van der Waals surface area contributed by atoms with Gasteiger partial charge in [0.2, 0.25) is 14.3 Å². The molecular formula is C37H42FN5O4Si. The van der Waals surface area contributed by atoms with E-state index in [1.807, 2.05) is 92.0 Å². The van der Waals surface area contributed by atoms with Gasteiger partial charge in [-0.25, -0.2) is 0 Å². The van der Waals surface area contributed by atoms with Crippen LogP contribution in [0.1, 0.15) is 54.5 Å². The van der Waals surface area contributed by atoms with Gasteiger partial charge in [0.05, 0.1) is 36.6 Å². The molecule has 1 unspecified atom stereocenters.